The molecule has 0 aliphatic heterocycles. The molecule has 2 aromatic rings. The molecule has 2 N–H and O–H groups in total. The first kappa shape index (κ1) is 10.3. The monoisotopic (exact) mass is 233 g/mol. The summed E-state index contributed by atoms with van der Waals surface area (Å²) in [6.07, 6.45) is 6.09. The molecule has 0 spiro atoms. The van der Waals surface area contributed by atoms with E-state index in [1.165, 1.54) is 12.8 Å². The average Bonchev–Trinajstić information content (AvgIpc) is 2.89. The third kappa shape index (κ3) is 1.51. The van der Waals surface area contributed by atoms with E-state index in [0.29, 0.717) is 11.3 Å². The standard InChI is InChI=1S/C11H15N5O/c1-7-6-15-11(13-10(12)14-15)16(9(7)17)8-4-2-3-5-8/h6,8H,2-5H2,1H3,(H2,12,14). The first-order valence-electron chi connectivity index (χ1n) is 5.91. The molecule has 17 heavy (non-hydrogen) atoms. The van der Waals surface area contributed by atoms with E-state index in [-0.39, 0.29) is 17.5 Å². The molecule has 0 unspecified atom stereocenters. The summed E-state index contributed by atoms with van der Waals surface area (Å²) in [5.74, 6) is 0.770. The summed E-state index contributed by atoms with van der Waals surface area (Å²) in [6.45, 7) is 1.80. The Morgan fingerprint density at radius 2 is 2.12 bits per heavy atom. The first-order valence-corrected chi connectivity index (χ1v) is 5.91. The number of aromatic nitrogens is 4. The number of nitrogens with zero attached hydrogens (tertiary/aromatic N) is 4. The van der Waals surface area contributed by atoms with Crippen molar-refractivity contribution in [1.29, 1.82) is 0 Å². The van der Waals surface area contributed by atoms with Crippen molar-refractivity contribution in [1.82, 2.24) is 19.2 Å². The summed E-state index contributed by atoms with van der Waals surface area (Å²) in [6, 6.07) is 0.244. The zero-order valence-electron chi connectivity index (χ0n) is 9.76. The van der Waals surface area contributed by atoms with Gasteiger partial charge < -0.3 is 5.73 Å². The van der Waals surface area contributed by atoms with Gasteiger partial charge in [-0.25, -0.2) is 4.52 Å². The number of anilines is 1. The highest BCUT2D eigenvalue weighted by molar-refractivity contribution is 5.36. The fourth-order valence-corrected chi connectivity index (χ4v) is 2.59. The van der Waals surface area contributed by atoms with Gasteiger partial charge in [-0.15, -0.1) is 5.10 Å². The second-order valence-corrected chi connectivity index (χ2v) is 4.64. The smallest absolute Gasteiger partial charge is 0.258 e. The minimum absolute atomic E-state index is 0.0248. The highest BCUT2D eigenvalue weighted by Gasteiger charge is 2.22. The fourth-order valence-electron chi connectivity index (χ4n) is 2.59. The van der Waals surface area contributed by atoms with E-state index in [1.807, 2.05) is 0 Å². The van der Waals surface area contributed by atoms with Gasteiger partial charge in [-0.1, -0.05) is 12.8 Å². The van der Waals surface area contributed by atoms with Crippen molar-refractivity contribution in [3.63, 3.8) is 0 Å². The van der Waals surface area contributed by atoms with Gasteiger partial charge in [0.1, 0.15) is 0 Å². The van der Waals surface area contributed by atoms with Gasteiger partial charge in [0, 0.05) is 17.8 Å². The molecule has 2 aromatic heterocycles. The van der Waals surface area contributed by atoms with Gasteiger partial charge in [-0.05, 0) is 19.8 Å². The average molecular weight is 233 g/mol. The van der Waals surface area contributed by atoms with Gasteiger partial charge >= 0.3 is 0 Å². The number of nitrogen functional groups attached to an aromatic ring is 1. The molecule has 3 rings (SSSR count). The van der Waals surface area contributed by atoms with Crippen LogP contribution < -0.4 is 11.3 Å². The molecule has 0 bridgehead atoms. The quantitative estimate of drug-likeness (QED) is 0.793. The van der Waals surface area contributed by atoms with E-state index in [1.54, 1.807) is 22.2 Å². The molecule has 0 saturated heterocycles. The molecule has 1 aliphatic carbocycles. The van der Waals surface area contributed by atoms with Crippen molar-refractivity contribution in [3.8, 4) is 0 Å². The number of aryl methyl sites for hydroxylation is 1. The predicted octanol–water partition coefficient (Wildman–Crippen LogP) is 0.897. The molecule has 1 saturated carbocycles. The van der Waals surface area contributed by atoms with Crippen LogP contribution in [0.5, 0.6) is 0 Å². The van der Waals surface area contributed by atoms with Crippen LogP contribution in [0.4, 0.5) is 5.95 Å². The Hall–Kier alpha value is -1.85. The summed E-state index contributed by atoms with van der Waals surface area (Å²) >= 11 is 0. The number of hydrogen-bond donors (Lipinski definition) is 1. The van der Waals surface area contributed by atoms with Crippen LogP contribution >= 0.6 is 0 Å². The number of fused-ring (bicyclic) bond motifs is 1. The van der Waals surface area contributed by atoms with Crippen LogP contribution in [0.15, 0.2) is 11.0 Å². The molecular formula is C11H15N5O. The predicted molar refractivity (Wildman–Crippen MR) is 63.9 cm³/mol. The molecule has 6 nitrogen and oxygen atoms in total. The lowest BCUT2D eigenvalue weighted by Gasteiger charge is -2.14. The highest BCUT2D eigenvalue weighted by atomic mass is 16.1. The zero-order chi connectivity index (χ0) is 12.0. The number of nitrogens with two attached hydrogens (primary N) is 1. The van der Waals surface area contributed by atoms with E-state index in [4.69, 9.17) is 5.73 Å². The second kappa shape index (κ2) is 3.58. The van der Waals surface area contributed by atoms with Crippen LogP contribution in [-0.4, -0.2) is 19.2 Å². The van der Waals surface area contributed by atoms with E-state index in [0.717, 1.165) is 12.8 Å². The molecule has 0 radical (unpaired) electrons. The van der Waals surface area contributed by atoms with Crippen molar-refractivity contribution < 1.29 is 0 Å². The van der Waals surface area contributed by atoms with E-state index in [2.05, 4.69) is 10.1 Å². The molecule has 0 atom stereocenters. The van der Waals surface area contributed by atoms with Crippen LogP contribution in [0.2, 0.25) is 0 Å². The highest BCUT2D eigenvalue weighted by Crippen LogP contribution is 2.29. The van der Waals surface area contributed by atoms with Gasteiger partial charge in [0.15, 0.2) is 0 Å². The number of hydrogen-bond acceptors (Lipinski definition) is 4. The minimum atomic E-state index is 0.0248. The third-order valence-corrected chi connectivity index (χ3v) is 3.41. The summed E-state index contributed by atoms with van der Waals surface area (Å²) in [4.78, 5) is 16.4. The van der Waals surface area contributed by atoms with Gasteiger partial charge in [0.05, 0.1) is 0 Å². The van der Waals surface area contributed by atoms with Crippen LogP contribution in [0, 0.1) is 6.92 Å². The molecule has 0 aromatic carbocycles. The van der Waals surface area contributed by atoms with Gasteiger partial charge in [0.2, 0.25) is 11.7 Å². The molecule has 1 fully saturated rings. The third-order valence-electron chi connectivity index (χ3n) is 3.41. The molecule has 6 heteroatoms. The lowest BCUT2D eigenvalue weighted by molar-refractivity contribution is 0.504. The Balaban J connectivity index is 2.32. The maximum Gasteiger partial charge on any atom is 0.258 e. The van der Waals surface area contributed by atoms with Crippen molar-refractivity contribution >= 4 is 11.7 Å². The maximum atomic E-state index is 12.2. The van der Waals surface area contributed by atoms with Crippen LogP contribution in [0.1, 0.15) is 37.3 Å². The van der Waals surface area contributed by atoms with Crippen LogP contribution in [0.3, 0.4) is 0 Å². The van der Waals surface area contributed by atoms with Crippen molar-refractivity contribution in [2.45, 2.75) is 38.6 Å². The summed E-state index contributed by atoms with van der Waals surface area (Å²) in [5.41, 5.74) is 6.30. The fraction of sp³-hybridized carbons (Fsp3) is 0.545. The van der Waals surface area contributed by atoms with E-state index < -0.39 is 0 Å². The normalized spacial score (nSPS) is 17.0. The summed E-state index contributed by atoms with van der Waals surface area (Å²) in [7, 11) is 0. The Bertz CT molecular complexity index is 621. The Morgan fingerprint density at radius 1 is 1.41 bits per heavy atom. The van der Waals surface area contributed by atoms with Crippen molar-refractivity contribution in [2.24, 2.45) is 0 Å². The Labute approximate surface area is 98.1 Å². The lowest BCUT2D eigenvalue weighted by Crippen LogP contribution is -2.27. The molecular weight excluding hydrogens is 218 g/mol. The topological polar surface area (TPSA) is 78.2 Å². The molecule has 0 amide bonds. The van der Waals surface area contributed by atoms with Crippen molar-refractivity contribution in [3.05, 3.63) is 22.1 Å². The SMILES string of the molecule is Cc1cn2nc(N)nc2n(C2CCCC2)c1=O. The van der Waals surface area contributed by atoms with Crippen molar-refractivity contribution in [2.75, 3.05) is 5.73 Å². The van der Waals surface area contributed by atoms with Crippen LogP contribution in [-0.2, 0) is 0 Å². The summed E-state index contributed by atoms with van der Waals surface area (Å²) < 4.78 is 3.36. The maximum absolute atomic E-state index is 12.2. The molecule has 90 valence electrons. The second-order valence-electron chi connectivity index (χ2n) is 4.64. The Kier molecular flexibility index (Phi) is 2.17. The largest absolute Gasteiger partial charge is 0.366 e. The van der Waals surface area contributed by atoms with Gasteiger partial charge in [0.25, 0.3) is 5.56 Å². The first-order chi connectivity index (χ1) is 8.16. The Morgan fingerprint density at radius 3 is 2.82 bits per heavy atom. The number of rotatable bonds is 1. The van der Waals surface area contributed by atoms with Gasteiger partial charge in [-0.3, -0.25) is 9.36 Å². The van der Waals surface area contributed by atoms with E-state index >= 15 is 0 Å². The molecule has 1 aliphatic rings. The van der Waals surface area contributed by atoms with Crippen LogP contribution in [0.25, 0.3) is 5.78 Å². The molecule has 2 heterocycles. The van der Waals surface area contributed by atoms with E-state index in [9.17, 15) is 4.79 Å². The zero-order valence-corrected chi connectivity index (χ0v) is 9.76. The summed E-state index contributed by atoms with van der Waals surface area (Å²) in [5, 5.41) is 4.07. The lowest BCUT2D eigenvalue weighted by atomic mass is 10.2. The van der Waals surface area contributed by atoms with Gasteiger partial charge in [-0.2, -0.15) is 4.98 Å². The minimum Gasteiger partial charge on any atom is -0.366 e.